The zero-order chi connectivity index (χ0) is 16.8. The van der Waals surface area contributed by atoms with Crippen molar-refractivity contribution in [3.05, 3.63) is 35.4 Å². The Bertz CT molecular complexity index is 520. The number of ether oxygens (including phenoxy) is 2. The van der Waals surface area contributed by atoms with Crippen molar-refractivity contribution in [2.45, 2.75) is 52.7 Å². The second-order valence-corrected chi connectivity index (χ2v) is 6.12. The molecule has 1 aromatic rings. The van der Waals surface area contributed by atoms with Gasteiger partial charge in [0.15, 0.2) is 0 Å². The standard InChI is InChI=1S/C17H25NO4/c1-6-21-15(19)11-14(13-9-7-8-12(2)10-13)18-16(20)22-17(3,4)5/h7-10,14H,6,11H2,1-5H3,(H,18,20)/t14-/m0/s1. The van der Waals surface area contributed by atoms with Crippen molar-refractivity contribution in [1.82, 2.24) is 5.32 Å². The summed E-state index contributed by atoms with van der Waals surface area (Å²) in [6.45, 7) is 9.39. The minimum absolute atomic E-state index is 0.0660. The predicted molar refractivity (Wildman–Crippen MR) is 84.5 cm³/mol. The molecular weight excluding hydrogens is 282 g/mol. The number of esters is 1. The third kappa shape index (κ3) is 6.61. The lowest BCUT2D eigenvalue weighted by Crippen LogP contribution is -2.36. The quantitative estimate of drug-likeness (QED) is 0.845. The van der Waals surface area contributed by atoms with E-state index >= 15 is 0 Å². The third-order valence-corrected chi connectivity index (χ3v) is 2.81. The van der Waals surface area contributed by atoms with Gasteiger partial charge in [0, 0.05) is 0 Å². The fourth-order valence-electron chi connectivity index (χ4n) is 1.98. The Kier molecular flexibility index (Phi) is 6.40. The van der Waals surface area contributed by atoms with Crippen molar-refractivity contribution in [2.75, 3.05) is 6.61 Å². The summed E-state index contributed by atoms with van der Waals surface area (Å²) in [5.41, 5.74) is 1.31. The molecule has 0 spiro atoms. The predicted octanol–water partition coefficient (Wildman–Crippen LogP) is 3.51. The van der Waals surface area contributed by atoms with Gasteiger partial charge in [-0.2, -0.15) is 0 Å². The van der Waals surface area contributed by atoms with Gasteiger partial charge < -0.3 is 14.8 Å². The van der Waals surface area contributed by atoms with Gasteiger partial charge in [-0.1, -0.05) is 29.8 Å². The van der Waals surface area contributed by atoms with Gasteiger partial charge in [0.1, 0.15) is 5.60 Å². The molecule has 5 heteroatoms. The Morgan fingerprint density at radius 2 is 1.95 bits per heavy atom. The highest BCUT2D eigenvalue weighted by molar-refractivity contribution is 5.73. The summed E-state index contributed by atoms with van der Waals surface area (Å²) in [6, 6.07) is 7.17. The van der Waals surface area contributed by atoms with E-state index in [-0.39, 0.29) is 12.4 Å². The van der Waals surface area contributed by atoms with E-state index < -0.39 is 17.7 Å². The largest absolute Gasteiger partial charge is 0.466 e. The summed E-state index contributed by atoms with van der Waals surface area (Å²) in [6.07, 6.45) is -0.486. The van der Waals surface area contributed by atoms with Crippen molar-refractivity contribution in [1.29, 1.82) is 0 Å². The van der Waals surface area contributed by atoms with Gasteiger partial charge in [-0.15, -0.1) is 0 Å². The van der Waals surface area contributed by atoms with Crippen molar-refractivity contribution in [3.8, 4) is 0 Å². The molecule has 0 radical (unpaired) electrons. The normalized spacial score (nSPS) is 12.4. The van der Waals surface area contributed by atoms with E-state index in [9.17, 15) is 9.59 Å². The highest BCUT2D eigenvalue weighted by Crippen LogP contribution is 2.20. The van der Waals surface area contributed by atoms with E-state index in [0.717, 1.165) is 11.1 Å². The molecule has 0 saturated carbocycles. The number of carbonyl (C=O) groups is 2. The van der Waals surface area contributed by atoms with Crippen LogP contribution < -0.4 is 5.32 Å². The SMILES string of the molecule is CCOC(=O)C[C@H](NC(=O)OC(C)(C)C)c1cccc(C)c1. The topological polar surface area (TPSA) is 64.6 Å². The van der Waals surface area contributed by atoms with E-state index in [4.69, 9.17) is 9.47 Å². The Hall–Kier alpha value is -2.04. The molecule has 5 nitrogen and oxygen atoms in total. The van der Waals surface area contributed by atoms with Gasteiger partial charge in [0.25, 0.3) is 0 Å². The number of hydrogen-bond donors (Lipinski definition) is 1. The molecule has 1 aromatic carbocycles. The molecule has 1 N–H and O–H groups in total. The lowest BCUT2D eigenvalue weighted by molar-refractivity contribution is -0.143. The number of hydrogen-bond acceptors (Lipinski definition) is 4. The lowest BCUT2D eigenvalue weighted by Gasteiger charge is -2.23. The fraction of sp³-hybridized carbons (Fsp3) is 0.529. The minimum atomic E-state index is -0.592. The Morgan fingerprint density at radius 1 is 1.27 bits per heavy atom. The van der Waals surface area contributed by atoms with Crippen LogP contribution >= 0.6 is 0 Å². The molecule has 0 aliphatic carbocycles. The third-order valence-electron chi connectivity index (χ3n) is 2.81. The van der Waals surface area contributed by atoms with Gasteiger partial charge in [-0.3, -0.25) is 4.79 Å². The van der Waals surface area contributed by atoms with E-state index in [0.29, 0.717) is 6.61 Å². The van der Waals surface area contributed by atoms with Gasteiger partial charge in [0.05, 0.1) is 19.1 Å². The van der Waals surface area contributed by atoms with Gasteiger partial charge in [-0.25, -0.2) is 4.79 Å². The summed E-state index contributed by atoms with van der Waals surface area (Å²) in [5, 5.41) is 2.74. The number of benzene rings is 1. The second-order valence-electron chi connectivity index (χ2n) is 6.12. The highest BCUT2D eigenvalue weighted by Gasteiger charge is 2.23. The molecule has 1 rings (SSSR count). The molecule has 0 saturated heterocycles. The maximum atomic E-state index is 12.0. The Balaban J connectivity index is 2.87. The molecule has 0 aliphatic heterocycles. The number of carbonyl (C=O) groups excluding carboxylic acids is 2. The monoisotopic (exact) mass is 307 g/mol. The maximum Gasteiger partial charge on any atom is 0.408 e. The van der Waals surface area contributed by atoms with Crippen LogP contribution in [0.15, 0.2) is 24.3 Å². The Labute approximate surface area is 132 Å². The van der Waals surface area contributed by atoms with E-state index in [2.05, 4.69) is 5.32 Å². The average Bonchev–Trinajstić information content (AvgIpc) is 2.36. The number of amides is 1. The van der Waals surface area contributed by atoms with E-state index in [1.807, 2.05) is 31.2 Å². The van der Waals surface area contributed by atoms with Crippen LogP contribution in [0, 0.1) is 6.92 Å². The van der Waals surface area contributed by atoms with Crippen LogP contribution in [-0.4, -0.2) is 24.3 Å². The van der Waals surface area contributed by atoms with Crippen molar-refractivity contribution < 1.29 is 19.1 Å². The number of alkyl carbamates (subject to hydrolysis) is 1. The summed E-state index contributed by atoms with van der Waals surface area (Å²) < 4.78 is 10.2. The molecule has 0 aromatic heterocycles. The minimum Gasteiger partial charge on any atom is -0.466 e. The first kappa shape index (κ1) is 18.0. The van der Waals surface area contributed by atoms with E-state index in [1.54, 1.807) is 27.7 Å². The summed E-state index contributed by atoms with van der Waals surface area (Å²) in [4.78, 5) is 23.7. The van der Waals surface area contributed by atoms with Crippen LogP contribution in [0.5, 0.6) is 0 Å². The maximum absolute atomic E-state index is 12.0. The molecule has 122 valence electrons. The van der Waals surface area contributed by atoms with Crippen LogP contribution in [0.4, 0.5) is 4.79 Å². The zero-order valence-electron chi connectivity index (χ0n) is 13.9. The van der Waals surface area contributed by atoms with Gasteiger partial charge in [-0.05, 0) is 40.2 Å². The molecule has 0 heterocycles. The van der Waals surface area contributed by atoms with Crippen molar-refractivity contribution >= 4 is 12.1 Å². The first-order valence-corrected chi connectivity index (χ1v) is 7.43. The first-order valence-electron chi connectivity index (χ1n) is 7.43. The van der Waals surface area contributed by atoms with Crippen molar-refractivity contribution in [2.24, 2.45) is 0 Å². The smallest absolute Gasteiger partial charge is 0.408 e. The highest BCUT2D eigenvalue weighted by atomic mass is 16.6. The van der Waals surface area contributed by atoms with Gasteiger partial charge >= 0.3 is 12.1 Å². The summed E-state index contributed by atoms with van der Waals surface area (Å²) in [7, 11) is 0. The molecule has 1 amide bonds. The molecule has 0 bridgehead atoms. The summed E-state index contributed by atoms with van der Waals surface area (Å²) in [5.74, 6) is -0.356. The number of nitrogens with one attached hydrogen (secondary N) is 1. The second kappa shape index (κ2) is 7.82. The Morgan fingerprint density at radius 3 is 2.50 bits per heavy atom. The summed E-state index contributed by atoms with van der Waals surface area (Å²) >= 11 is 0. The van der Waals surface area contributed by atoms with Crippen molar-refractivity contribution in [3.63, 3.8) is 0 Å². The van der Waals surface area contributed by atoms with Crippen LogP contribution in [0.3, 0.4) is 0 Å². The van der Waals surface area contributed by atoms with E-state index in [1.165, 1.54) is 0 Å². The van der Waals surface area contributed by atoms with Crippen LogP contribution in [0.2, 0.25) is 0 Å². The number of aryl methyl sites for hydroxylation is 1. The average molecular weight is 307 g/mol. The number of rotatable bonds is 5. The fourth-order valence-corrected chi connectivity index (χ4v) is 1.98. The molecule has 0 unspecified atom stereocenters. The molecule has 22 heavy (non-hydrogen) atoms. The molecule has 1 atom stereocenters. The lowest BCUT2D eigenvalue weighted by atomic mass is 10.0. The first-order chi connectivity index (χ1) is 10.2. The van der Waals surface area contributed by atoms with Crippen LogP contribution in [-0.2, 0) is 14.3 Å². The van der Waals surface area contributed by atoms with Gasteiger partial charge in [0.2, 0.25) is 0 Å². The molecule has 0 fully saturated rings. The molecule has 0 aliphatic rings. The van der Waals surface area contributed by atoms with Crippen LogP contribution in [0.25, 0.3) is 0 Å². The molecular formula is C17H25NO4. The van der Waals surface area contributed by atoms with Crippen LogP contribution in [0.1, 0.15) is 51.3 Å². The zero-order valence-corrected chi connectivity index (χ0v) is 13.9.